The highest BCUT2D eigenvalue weighted by Gasteiger charge is 2.15. The third-order valence-electron chi connectivity index (χ3n) is 1.09. The van der Waals surface area contributed by atoms with Crippen LogP contribution in [0.2, 0.25) is 0 Å². The van der Waals surface area contributed by atoms with E-state index in [1.807, 2.05) is 0 Å². The molecule has 0 atom stereocenters. The second kappa shape index (κ2) is 3.26. The monoisotopic (exact) mass is 187 g/mol. The first-order valence-corrected chi connectivity index (χ1v) is 3.79. The normalized spacial score (nSPS) is 9.42. The Morgan fingerprint density at radius 1 is 1.83 bits per heavy atom. The van der Waals surface area contributed by atoms with Crippen molar-refractivity contribution in [1.82, 2.24) is 10.3 Å². The highest BCUT2D eigenvalue weighted by molar-refractivity contribution is 7.16. The fourth-order valence-corrected chi connectivity index (χ4v) is 1.24. The molecule has 64 valence electrons. The van der Waals surface area contributed by atoms with Crippen molar-refractivity contribution < 1.29 is 9.72 Å². The highest BCUT2D eigenvalue weighted by Crippen LogP contribution is 2.20. The lowest BCUT2D eigenvalue weighted by Crippen LogP contribution is -2.17. The summed E-state index contributed by atoms with van der Waals surface area (Å²) < 4.78 is 0. The van der Waals surface area contributed by atoms with Gasteiger partial charge < -0.3 is 5.32 Å². The van der Waals surface area contributed by atoms with Crippen LogP contribution in [0.3, 0.4) is 0 Å². The van der Waals surface area contributed by atoms with Crippen molar-refractivity contribution in [2.24, 2.45) is 0 Å². The molecular weight excluding hydrogens is 182 g/mol. The molecule has 0 aliphatic carbocycles. The number of aromatic nitrogens is 1. The fraction of sp³-hybridized carbons (Fsp3) is 0.200. The smallest absolute Gasteiger partial charge is 0.344 e. The van der Waals surface area contributed by atoms with Gasteiger partial charge in [-0.2, -0.15) is 0 Å². The molecule has 0 fully saturated rings. The number of nitrogens with zero attached hydrogens (tertiary/aromatic N) is 2. The van der Waals surface area contributed by atoms with Gasteiger partial charge in [0, 0.05) is 7.05 Å². The number of amides is 1. The van der Waals surface area contributed by atoms with Crippen molar-refractivity contribution >= 4 is 22.2 Å². The van der Waals surface area contributed by atoms with Crippen LogP contribution in [0.25, 0.3) is 0 Å². The summed E-state index contributed by atoms with van der Waals surface area (Å²) in [5.41, 5.74) is 0. The molecule has 12 heavy (non-hydrogen) atoms. The molecule has 1 aromatic rings. The van der Waals surface area contributed by atoms with Gasteiger partial charge in [-0.05, 0) is 11.3 Å². The topological polar surface area (TPSA) is 85.1 Å². The fourth-order valence-electron chi connectivity index (χ4n) is 0.562. The largest absolute Gasteiger partial charge is 0.353 e. The van der Waals surface area contributed by atoms with E-state index in [4.69, 9.17) is 0 Å². The highest BCUT2D eigenvalue weighted by atomic mass is 32.1. The number of carbonyl (C=O) groups is 1. The number of hydrogen-bond donors (Lipinski definition) is 1. The lowest BCUT2D eigenvalue weighted by Gasteiger charge is -1.89. The summed E-state index contributed by atoms with van der Waals surface area (Å²) in [5.74, 6) is -0.409. The van der Waals surface area contributed by atoms with E-state index in [0.29, 0.717) is 0 Å². The Labute approximate surface area is 71.4 Å². The molecule has 0 aliphatic heterocycles. The van der Waals surface area contributed by atoms with Crippen LogP contribution in [0.15, 0.2) is 6.20 Å². The Morgan fingerprint density at radius 2 is 2.50 bits per heavy atom. The summed E-state index contributed by atoms with van der Waals surface area (Å²) in [5, 5.41) is 12.5. The Kier molecular flexibility index (Phi) is 2.34. The van der Waals surface area contributed by atoms with Crippen molar-refractivity contribution in [2.45, 2.75) is 0 Å². The first-order chi connectivity index (χ1) is 5.65. The molecule has 0 saturated heterocycles. The molecule has 0 aliphatic rings. The first-order valence-electron chi connectivity index (χ1n) is 2.97. The van der Waals surface area contributed by atoms with Gasteiger partial charge in [0.15, 0.2) is 5.01 Å². The number of nitrogens with one attached hydrogen (secondary N) is 1. The minimum atomic E-state index is -0.579. The molecule has 1 rings (SSSR count). The van der Waals surface area contributed by atoms with Crippen molar-refractivity contribution in [3.8, 4) is 0 Å². The summed E-state index contributed by atoms with van der Waals surface area (Å²) in [6.45, 7) is 0. The molecule has 1 aromatic heterocycles. The molecule has 1 heterocycles. The predicted molar refractivity (Wildman–Crippen MR) is 42.2 cm³/mol. The van der Waals surface area contributed by atoms with Gasteiger partial charge in [0.1, 0.15) is 6.20 Å². The first kappa shape index (κ1) is 8.60. The molecule has 0 saturated carbocycles. The van der Waals surface area contributed by atoms with E-state index in [1.165, 1.54) is 7.05 Å². The van der Waals surface area contributed by atoms with E-state index in [1.54, 1.807) is 0 Å². The summed E-state index contributed by atoms with van der Waals surface area (Å²) in [6, 6.07) is 0. The van der Waals surface area contributed by atoms with Crippen LogP contribution in [-0.4, -0.2) is 22.9 Å². The van der Waals surface area contributed by atoms with Crippen molar-refractivity contribution in [2.75, 3.05) is 7.05 Å². The molecule has 7 heteroatoms. The molecule has 0 unspecified atom stereocenters. The van der Waals surface area contributed by atoms with Gasteiger partial charge in [0.25, 0.3) is 5.91 Å². The SMILES string of the molecule is CNC(=O)c1ncc([N+](=O)[O-])s1. The van der Waals surface area contributed by atoms with E-state index in [9.17, 15) is 14.9 Å². The minimum absolute atomic E-state index is 0.101. The zero-order valence-electron chi connectivity index (χ0n) is 6.10. The van der Waals surface area contributed by atoms with Gasteiger partial charge in [0.05, 0.1) is 4.92 Å². The van der Waals surface area contributed by atoms with Crippen LogP contribution < -0.4 is 5.32 Å². The van der Waals surface area contributed by atoms with Gasteiger partial charge in [-0.3, -0.25) is 14.9 Å². The Bertz CT molecular complexity index is 321. The molecule has 0 radical (unpaired) electrons. The Balaban J connectivity index is 2.91. The summed E-state index contributed by atoms with van der Waals surface area (Å²) in [4.78, 5) is 24.0. The summed E-state index contributed by atoms with van der Waals surface area (Å²) >= 11 is 0.751. The van der Waals surface area contributed by atoms with Gasteiger partial charge in [-0.25, -0.2) is 4.98 Å². The summed E-state index contributed by atoms with van der Waals surface area (Å²) in [7, 11) is 1.44. The molecular formula is C5H5N3O3S. The number of hydrogen-bond acceptors (Lipinski definition) is 5. The van der Waals surface area contributed by atoms with Gasteiger partial charge >= 0.3 is 5.00 Å². The average Bonchev–Trinajstić information content (AvgIpc) is 2.51. The van der Waals surface area contributed by atoms with E-state index >= 15 is 0 Å². The molecule has 1 amide bonds. The van der Waals surface area contributed by atoms with Crippen LogP contribution in [0.5, 0.6) is 0 Å². The molecule has 1 N–H and O–H groups in total. The maximum absolute atomic E-state index is 10.9. The van der Waals surface area contributed by atoms with Crippen LogP contribution in [0.4, 0.5) is 5.00 Å². The lowest BCUT2D eigenvalue weighted by molar-refractivity contribution is -0.380. The van der Waals surface area contributed by atoms with Gasteiger partial charge in [-0.15, -0.1) is 0 Å². The van der Waals surface area contributed by atoms with E-state index in [2.05, 4.69) is 10.3 Å². The van der Waals surface area contributed by atoms with Crippen molar-refractivity contribution in [1.29, 1.82) is 0 Å². The van der Waals surface area contributed by atoms with Gasteiger partial charge in [-0.1, -0.05) is 0 Å². The molecule has 0 bridgehead atoms. The number of carbonyl (C=O) groups excluding carboxylic acids is 1. The molecule has 0 aromatic carbocycles. The predicted octanol–water partition coefficient (Wildman–Crippen LogP) is 0.411. The van der Waals surface area contributed by atoms with Crippen molar-refractivity contribution in [3.63, 3.8) is 0 Å². The van der Waals surface area contributed by atoms with Gasteiger partial charge in [0.2, 0.25) is 0 Å². The number of thiazole rings is 1. The maximum Gasteiger partial charge on any atom is 0.344 e. The van der Waals surface area contributed by atoms with Crippen LogP contribution >= 0.6 is 11.3 Å². The number of rotatable bonds is 2. The van der Waals surface area contributed by atoms with Crippen LogP contribution in [-0.2, 0) is 0 Å². The quantitative estimate of drug-likeness (QED) is 0.536. The zero-order valence-corrected chi connectivity index (χ0v) is 6.92. The van der Waals surface area contributed by atoms with E-state index in [0.717, 1.165) is 17.5 Å². The minimum Gasteiger partial charge on any atom is -0.353 e. The third kappa shape index (κ3) is 1.56. The van der Waals surface area contributed by atoms with E-state index in [-0.39, 0.29) is 10.0 Å². The van der Waals surface area contributed by atoms with Crippen LogP contribution in [0, 0.1) is 10.1 Å². The summed E-state index contributed by atoms with van der Waals surface area (Å²) in [6.07, 6.45) is 1.06. The van der Waals surface area contributed by atoms with E-state index < -0.39 is 10.8 Å². The third-order valence-corrected chi connectivity index (χ3v) is 2.04. The maximum atomic E-state index is 10.9. The zero-order chi connectivity index (χ0) is 9.14. The standard InChI is InChI=1S/C5H5N3O3S/c1-6-4(9)5-7-2-3(12-5)8(10)11/h2H,1H3,(H,6,9). The number of nitro groups is 1. The second-order valence-corrected chi connectivity index (χ2v) is 2.85. The van der Waals surface area contributed by atoms with Crippen molar-refractivity contribution in [3.05, 3.63) is 21.3 Å². The van der Waals surface area contributed by atoms with Crippen LogP contribution in [0.1, 0.15) is 9.80 Å². The molecule has 6 nitrogen and oxygen atoms in total. The Hall–Kier alpha value is -1.50. The lowest BCUT2D eigenvalue weighted by atomic mass is 10.6. The second-order valence-electron chi connectivity index (χ2n) is 1.84. The Morgan fingerprint density at radius 3 is 2.92 bits per heavy atom. The average molecular weight is 187 g/mol. The molecule has 0 spiro atoms.